The number of hydrogen-bond donors (Lipinski definition) is 3. The van der Waals surface area contributed by atoms with E-state index in [0.717, 1.165) is 30.7 Å². The van der Waals surface area contributed by atoms with Gasteiger partial charge in [0.2, 0.25) is 0 Å². The number of carbonyl (C=O) groups is 1. The Hall–Kier alpha value is -1.59. The number of amides is 1. The quantitative estimate of drug-likeness (QED) is 0.569. The van der Waals surface area contributed by atoms with Gasteiger partial charge < -0.3 is 15.5 Å². The van der Waals surface area contributed by atoms with Crippen LogP contribution >= 0.6 is 0 Å². The van der Waals surface area contributed by atoms with Gasteiger partial charge in [-0.1, -0.05) is 0 Å². The van der Waals surface area contributed by atoms with Crippen LogP contribution in [0.25, 0.3) is 0 Å². The fourth-order valence-electron chi connectivity index (χ4n) is 2.35. The lowest BCUT2D eigenvalue weighted by atomic mass is 10.0. The normalized spacial score (nSPS) is 22.3. The van der Waals surface area contributed by atoms with Crippen LogP contribution in [0.3, 0.4) is 0 Å². The number of anilines is 1. The number of nitrogens with one attached hydrogen (secondary N) is 2. The van der Waals surface area contributed by atoms with Gasteiger partial charge in [-0.05, 0) is 50.5 Å². The fraction of sp³-hybridized carbons (Fsp3) is 0.500. The summed E-state index contributed by atoms with van der Waals surface area (Å²) in [6.07, 6.45) is 2.05. The molecule has 4 N–H and O–H groups in total. The molecule has 2 rings (SSSR count). The maximum Gasteiger partial charge on any atom is 0.251 e. The Bertz CT molecular complexity index is 468. The summed E-state index contributed by atoms with van der Waals surface area (Å²) < 4.78 is 5.65. The molecule has 5 heteroatoms. The molecule has 0 bridgehead atoms. The smallest absolute Gasteiger partial charge is 0.251 e. The van der Waals surface area contributed by atoms with E-state index < -0.39 is 0 Å². The van der Waals surface area contributed by atoms with Crippen molar-refractivity contribution in [2.75, 3.05) is 18.6 Å². The predicted molar refractivity (Wildman–Crippen MR) is 74.9 cm³/mol. The molecule has 1 fully saturated rings. The van der Waals surface area contributed by atoms with Gasteiger partial charge in [0.1, 0.15) is 0 Å². The number of ether oxygens (including phenoxy) is 1. The second kappa shape index (κ2) is 5.59. The van der Waals surface area contributed by atoms with E-state index in [2.05, 4.69) is 10.7 Å². The van der Waals surface area contributed by atoms with Gasteiger partial charge in [-0.25, -0.2) is 0 Å². The summed E-state index contributed by atoms with van der Waals surface area (Å²) in [6, 6.07) is 5.41. The van der Waals surface area contributed by atoms with Crippen LogP contribution in [0.4, 0.5) is 5.69 Å². The van der Waals surface area contributed by atoms with Crippen LogP contribution in [0, 0.1) is 6.92 Å². The summed E-state index contributed by atoms with van der Waals surface area (Å²) in [6.45, 7) is 5.25. The highest BCUT2D eigenvalue weighted by molar-refractivity contribution is 5.96. The van der Waals surface area contributed by atoms with Gasteiger partial charge in [0, 0.05) is 24.4 Å². The lowest BCUT2D eigenvalue weighted by Crippen LogP contribution is -2.40. The Labute approximate surface area is 113 Å². The summed E-state index contributed by atoms with van der Waals surface area (Å²) >= 11 is 0. The van der Waals surface area contributed by atoms with E-state index in [1.54, 1.807) is 12.1 Å². The highest BCUT2D eigenvalue weighted by Crippen LogP contribution is 2.24. The van der Waals surface area contributed by atoms with Gasteiger partial charge in [0.15, 0.2) is 0 Å². The van der Waals surface area contributed by atoms with Crippen molar-refractivity contribution < 1.29 is 9.53 Å². The van der Waals surface area contributed by atoms with E-state index in [1.807, 2.05) is 19.9 Å². The highest BCUT2D eigenvalue weighted by atomic mass is 16.5. The van der Waals surface area contributed by atoms with Gasteiger partial charge in [-0.2, -0.15) is 0 Å². The molecule has 1 aromatic carbocycles. The van der Waals surface area contributed by atoms with Crippen molar-refractivity contribution in [3.63, 3.8) is 0 Å². The van der Waals surface area contributed by atoms with Crippen LogP contribution in [0.1, 0.15) is 35.7 Å². The fourth-order valence-corrected chi connectivity index (χ4v) is 2.35. The molecule has 1 saturated heterocycles. The van der Waals surface area contributed by atoms with Crippen LogP contribution in [-0.2, 0) is 4.74 Å². The third kappa shape index (κ3) is 3.24. The van der Waals surface area contributed by atoms with Crippen LogP contribution in [0.5, 0.6) is 0 Å². The molecule has 0 aliphatic carbocycles. The lowest BCUT2D eigenvalue weighted by Gasteiger charge is -2.23. The van der Waals surface area contributed by atoms with Crippen LogP contribution in [0.2, 0.25) is 0 Å². The molecule has 104 valence electrons. The Morgan fingerprint density at radius 2 is 2.32 bits per heavy atom. The molecular formula is C14H21N3O2. The highest BCUT2D eigenvalue weighted by Gasteiger charge is 2.30. The number of carbonyl (C=O) groups excluding carboxylic acids is 1. The molecule has 5 nitrogen and oxygen atoms in total. The first-order valence-corrected chi connectivity index (χ1v) is 6.53. The van der Waals surface area contributed by atoms with Crippen molar-refractivity contribution in [2.24, 2.45) is 5.84 Å². The van der Waals surface area contributed by atoms with Gasteiger partial charge in [-0.15, -0.1) is 0 Å². The number of hydrazine groups is 1. The van der Waals surface area contributed by atoms with Crippen molar-refractivity contribution >= 4 is 11.6 Å². The van der Waals surface area contributed by atoms with Gasteiger partial charge in [-0.3, -0.25) is 10.6 Å². The molecule has 1 aliphatic heterocycles. The summed E-state index contributed by atoms with van der Waals surface area (Å²) in [4.78, 5) is 12.1. The van der Waals surface area contributed by atoms with Crippen molar-refractivity contribution in [2.45, 2.75) is 32.3 Å². The molecular weight excluding hydrogens is 242 g/mol. The first-order chi connectivity index (χ1) is 9.04. The lowest BCUT2D eigenvalue weighted by molar-refractivity contribution is 0.0206. The molecule has 0 radical (unpaired) electrons. The van der Waals surface area contributed by atoms with E-state index in [9.17, 15) is 4.79 Å². The third-order valence-corrected chi connectivity index (χ3v) is 3.56. The Kier molecular flexibility index (Phi) is 4.07. The first-order valence-electron chi connectivity index (χ1n) is 6.53. The predicted octanol–water partition coefficient (Wildman–Crippen LogP) is 1.58. The Morgan fingerprint density at radius 3 is 2.89 bits per heavy atom. The second-order valence-corrected chi connectivity index (χ2v) is 5.26. The summed E-state index contributed by atoms with van der Waals surface area (Å²) in [7, 11) is 0. The SMILES string of the molecule is Cc1cc(NN)ccc1C(=O)NCC1(C)CCCO1. The average molecular weight is 263 g/mol. The molecule has 19 heavy (non-hydrogen) atoms. The van der Waals surface area contributed by atoms with E-state index in [4.69, 9.17) is 10.6 Å². The number of benzene rings is 1. The molecule has 0 aromatic heterocycles. The second-order valence-electron chi connectivity index (χ2n) is 5.26. The molecule has 0 spiro atoms. The number of rotatable bonds is 4. The Balaban J connectivity index is 2.00. The van der Waals surface area contributed by atoms with Gasteiger partial charge >= 0.3 is 0 Å². The minimum Gasteiger partial charge on any atom is -0.373 e. The monoisotopic (exact) mass is 263 g/mol. The zero-order chi connectivity index (χ0) is 13.9. The molecule has 1 unspecified atom stereocenters. The molecule has 1 atom stereocenters. The molecule has 1 aromatic rings. The number of nitrogen functional groups attached to an aromatic ring is 1. The van der Waals surface area contributed by atoms with Gasteiger partial charge in [0.05, 0.1) is 5.60 Å². The van der Waals surface area contributed by atoms with E-state index in [-0.39, 0.29) is 11.5 Å². The minimum absolute atomic E-state index is 0.0715. The van der Waals surface area contributed by atoms with Gasteiger partial charge in [0.25, 0.3) is 5.91 Å². The summed E-state index contributed by atoms with van der Waals surface area (Å²) in [5.41, 5.74) is 4.70. The van der Waals surface area contributed by atoms with Crippen molar-refractivity contribution in [3.05, 3.63) is 29.3 Å². The van der Waals surface area contributed by atoms with E-state index in [0.29, 0.717) is 12.1 Å². The minimum atomic E-state index is -0.220. The molecule has 1 amide bonds. The maximum absolute atomic E-state index is 12.1. The van der Waals surface area contributed by atoms with Crippen LogP contribution in [-0.4, -0.2) is 24.7 Å². The maximum atomic E-state index is 12.1. The molecule has 1 aliphatic rings. The number of nitrogens with two attached hydrogens (primary N) is 1. The third-order valence-electron chi connectivity index (χ3n) is 3.56. The Morgan fingerprint density at radius 1 is 1.53 bits per heavy atom. The zero-order valence-electron chi connectivity index (χ0n) is 11.5. The van der Waals surface area contributed by atoms with Crippen molar-refractivity contribution in [1.29, 1.82) is 0 Å². The van der Waals surface area contributed by atoms with E-state index >= 15 is 0 Å². The number of aryl methyl sites for hydroxylation is 1. The summed E-state index contributed by atoms with van der Waals surface area (Å²) in [5, 5.41) is 2.94. The van der Waals surface area contributed by atoms with E-state index in [1.165, 1.54) is 0 Å². The molecule has 0 saturated carbocycles. The summed E-state index contributed by atoms with van der Waals surface area (Å²) in [5.74, 6) is 5.27. The van der Waals surface area contributed by atoms with Crippen LogP contribution < -0.4 is 16.6 Å². The molecule has 1 heterocycles. The van der Waals surface area contributed by atoms with Crippen molar-refractivity contribution in [3.8, 4) is 0 Å². The topological polar surface area (TPSA) is 76.4 Å². The number of hydrogen-bond acceptors (Lipinski definition) is 4. The first kappa shape index (κ1) is 13.8. The standard InChI is InChI=1S/C14H21N3O2/c1-10-8-11(17-15)4-5-12(10)13(18)16-9-14(2)6-3-7-19-14/h4-5,8,17H,3,6-7,9,15H2,1-2H3,(H,16,18). The zero-order valence-corrected chi connectivity index (χ0v) is 11.5. The van der Waals surface area contributed by atoms with Crippen LogP contribution in [0.15, 0.2) is 18.2 Å². The average Bonchev–Trinajstić information content (AvgIpc) is 2.83. The largest absolute Gasteiger partial charge is 0.373 e. The van der Waals surface area contributed by atoms with Crippen molar-refractivity contribution in [1.82, 2.24) is 5.32 Å².